The highest BCUT2D eigenvalue weighted by Gasteiger charge is 1.99. The van der Waals surface area contributed by atoms with Gasteiger partial charge >= 0.3 is 5.97 Å². The van der Waals surface area contributed by atoms with Crippen LogP contribution >= 0.6 is 0 Å². The fourth-order valence-electron chi connectivity index (χ4n) is 0.230. The second-order valence-corrected chi connectivity index (χ2v) is 1.33. The van der Waals surface area contributed by atoms with Crippen molar-refractivity contribution in [1.82, 2.24) is 5.32 Å². The summed E-state index contributed by atoms with van der Waals surface area (Å²) in [5, 5.41) is 17.9. The number of hydrogen-bond donors (Lipinski definition) is 3. The SMILES string of the molecule is O=C(O)CNC(=O)CO. The van der Waals surface area contributed by atoms with Crippen LogP contribution in [0.1, 0.15) is 0 Å². The molecule has 0 aromatic heterocycles. The minimum absolute atomic E-state index is 0.445. The molecule has 0 rings (SSSR count). The molecule has 0 saturated carbocycles. The van der Waals surface area contributed by atoms with Crippen molar-refractivity contribution in [3.63, 3.8) is 0 Å². The molecule has 3 N–H and O–H groups in total. The van der Waals surface area contributed by atoms with Crippen molar-refractivity contribution >= 4 is 11.9 Å². The molecule has 0 unspecified atom stereocenters. The molecule has 0 aliphatic carbocycles. The highest BCUT2D eigenvalue weighted by Crippen LogP contribution is 1.62. The van der Waals surface area contributed by atoms with Crippen molar-refractivity contribution in [2.45, 2.75) is 0 Å². The van der Waals surface area contributed by atoms with Gasteiger partial charge in [-0.05, 0) is 0 Å². The summed E-state index contributed by atoms with van der Waals surface area (Å²) in [6.07, 6.45) is 0. The maximum Gasteiger partial charge on any atom is 0.322 e. The van der Waals surface area contributed by atoms with E-state index in [4.69, 9.17) is 10.2 Å². The second-order valence-electron chi connectivity index (χ2n) is 1.33. The first kappa shape index (κ1) is 7.90. The lowest BCUT2D eigenvalue weighted by molar-refractivity contribution is -0.138. The van der Waals surface area contributed by atoms with E-state index in [2.05, 4.69) is 0 Å². The fourth-order valence-corrected chi connectivity index (χ4v) is 0.230. The average molecular weight is 133 g/mol. The van der Waals surface area contributed by atoms with Crippen LogP contribution in [0.2, 0.25) is 0 Å². The van der Waals surface area contributed by atoms with Crippen LogP contribution < -0.4 is 5.32 Å². The summed E-state index contributed by atoms with van der Waals surface area (Å²) in [4.78, 5) is 19.8. The predicted molar refractivity (Wildman–Crippen MR) is 27.7 cm³/mol. The average Bonchev–Trinajstić information content (AvgIpc) is 1.83. The van der Waals surface area contributed by atoms with Gasteiger partial charge in [-0.1, -0.05) is 0 Å². The van der Waals surface area contributed by atoms with Crippen LogP contribution in [0.3, 0.4) is 0 Å². The lowest BCUT2D eigenvalue weighted by atomic mass is 10.6. The van der Waals surface area contributed by atoms with E-state index in [1.54, 1.807) is 0 Å². The molecule has 0 aromatic rings. The highest BCUT2D eigenvalue weighted by atomic mass is 16.4. The normalized spacial score (nSPS) is 8.56. The number of carbonyl (C=O) groups excluding carboxylic acids is 1. The molecule has 9 heavy (non-hydrogen) atoms. The number of aliphatic hydroxyl groups excluding tert-OH is 1. The Bertz CT molecular complexity index is 122. The third-order valence-electron chi connectivity index (χ3n) is 0.580. The number of nitrogens with one attached hydrogen (secondary N) is 1. The monoisotopic (exact) mass is 133 g/mol. The van der Waals surface area contributed by atoms with Crippen LogP contribution in [-0.4, -0.2) is 35.2 Å². The first-order valence-electron chi connectivity index (χ1n) is 2.26. The summed E-state index contributed by atoms with van der Waals surface area (Å²) in [5.41, 5.74) is 0. The molecule has 0 fully saturated rings. The summed E-state index contributed by atoms with van der Waals surface area (Å²) in [5.74, 6) is -1.81. The van der Waals surface area contributed by atoms with Gasteiger partial charge in [-0.25, -0.2) is 0 Å². The third kappa shape index (κ3) is 4.76. The number of amides is 1. The van der Waals surface area contributed by atoms with Crippen LogP contribution in [0.15, 0.2) is 0 Å². The van der Waals surface area contributed by atoms with Crippen LogP contribution in [0.4, 0.5) is 0 Å². The molecule has 0 bridgehead atoms. The summed E-state index contributed by atoms with van der Waals surface area (Å²) in [6.45, 7) is -1.12. The largest absolute Gasteiger partial charge is 0.480 e. The van der Waals surface area contributed by atoms with Gasteiger partial charge in [-0.15, -0.1) is 0 Å². The first-order chi connectivity index (χ1) is 4.16. The third-order valence-corrected chi connectivity index (χ3v) is 0.580. The summed E-state index contributed by atoms with van der Waals surface area (Å²) in [7, 11) is 0. The summed E-state index contributed by atoms with van der Waals surface area (Å²) >= 11 is 0. The number of carboxylic acids is 1. The molecule has 0 aliphatic heterocycles. The molecule has 5 nitrogen and oxygen atoms in total. The Labute approximate surface area is 51.3 Å². The first-order valence-corrected chi connectivity index (χ1v) is 2.26. The Hall–Kier alpha value is -1.10. The van der Waals surface area contributed by atoms with Gasteiger partial charge in [-0.2, -0.15) is 0 Å². The zero-order chi connectivity index (χ0) is 7.28. The Morgan fingerprint density at radius 2 is 2.00 bits per heavy atom. The molecule has 0 heterocycles. The summed E-state index contributed by atoms with van der Waals surface area (Å²) < 4.78 is 0. The van der Waals surface area contributed by atoms with Crippen LogP contribution in [0.5, 0.6) is 0 Å². The maximum atomic E-state index is 10.1. The topological polar surface area (TPSA) is 86.6 Å². The van der Waals surface area contributed by atoms with Gasteiger partial charge in [0.15, 0.2) is 0 Å². The van der Waals surface area contributed by atoms with Gasteiger partial charge in [-0.3, -0.25) is 9.59 Å². The smallest absolute Gasteiger partial charge is 0.322 e. The molecule has 1 amide bonds. The molecular formula is C4H7NO4. The van der Waals surface area contributed by atoms with Gasteiger partial charge < -0.3 is 15.5 Å². The molecule has 0 aliphatic rings. The number of carbonyl (C=O) groups is 2. The van der Waals surface area contributed by atoms with Crippen molar-refractivity contribution in [3.8, 4) is 0 Å². The molecule has 0 atom stereocenters. The van der Waals surface area contributed by atoms with E-state index in [9.17, 15) is 9.59 Å². The lowest BCUT2D eigenvalue weighted by Gasteiger charge is -1.95. The predicted octanol–water partition coefficient (Wildman–Crippen LogP) is -1.82. The number of hydrogen-bond acceptors (Lipinski definition) is 3. The van der Waals surface area contributed by atoms with E-state index < -0.39 is 25.0 Å². The van der Waals surface area contributed by atoms with E-state index in [0.29, 0.717) is 0 Å². The number of aliphatic carboxylic acids is 1. The van der Waals surface area contributed by atoms with E-state index in [-0.39, 0.29) is 0 Å². The molecule has 5 heteroatoms. The zero-order valence-corrected chi connectivity index (χ0v) is 4.63. The van der Waals surface area contributed by atoms with E-state index in [1.807, 2.05) is 5.32 Å². The number of rotatable bonds is 3. The van der Waals surface area contributed by atoms with Gasteiger partial charge in [0.25, 0.3) is 0 Å². The van der Waals surface area contributed by atoms with E-state index in [0.717, 1.165) is 0 Å². The zero-order valence-electron chi connectivity index (χ0n) is 4.63. The second kappa shape index (κ2) is 3.85. The van der Waals surface area contributed by atoms with E-state index >= 15 is 0 Å². The Kier molecular flexibility index (Phi) is 3.38. The highest BCUT2D eigenvalue weighted by molar-refractivity contribution is 5.81. The number of aliphatic hydroxyl groups is 1. The Morgan fingerprint density at radius 3 is 2.33 bits per heavy atom. The Morgan fingerprint density at radius 1 is 1.44 bits per heavy atom. The Balaban J connectivity index is 3.28. The standard InChI is InChI=1S/C4H7NO4/c6-2-3(7)5-1-4(8)9/h6H,1-2H2,(H,5,7)(H,8,9). The quantitative estimate of drug-likeness (QED) is 0.423. The van der Waals surface area contributed by atoms with Crippen molar-refractivity contribution in [1.29, 1.82) is 0 Å². The lowest BCUT2D eigenvalue weighted by Crippen LogP contribution is -2.31. The molecule has 0 aromatic carbocycles. The summed E-state index contributed by atoms with van der Waals surface area (Å²) in [6, 6.07) is 0. The van der Waals surface area contributed by atoms with Crippen molar-refractivity contribution < 1.29 is 19.8 Å². The van der Waals surface area contributed by atoms with Crippen LogP contribution in [0.25, 0.3) is 0 Å². The molecule has 52 valence electrons. The number of carboxylic acid groups (broad SMARTS) is 1. The maximum absolute atomic E-state index is 10.1. The van der Waals surface area contributed by atoms with Crippen LogP contribution in [-0.2, 0) is 9.59 Å². The van der Waals surface area contributed by atoms with Crippen molar-refractivity contribution in [2.24, 2.45) is 0 Å². The molecular weight excluding hydrogens is 126 g/mol. The van der Waals surface area contributed by atoms with E-state index in [1.165, 1.54) is 0 Å². The van der Waals surface area contributed by atoms with Gasteiger partial charge in [0.2, 0.25) is 5.91 Å². The fraction of sp³-hybridized carbons (Fsp3) is 0.500. The molecule has 0 spiro atoms. The van der Waals surface area contributed by atoms with Crippen molar-refractivity contribution in [3.05, 3.63) is 0 Å². The molecule has 0 radical (unpaired) electrons. The minimum atomic E-state index is -1.13. The minimum Gasteiger partial charge on any atom is -0.480 e. The molecule has 0 saturated heterocycles. The van der Waals surface area contributed by atoms with Gasteiger partial charge in [0.05, 0.1) is 0 Å². The van der Waals surface area contributed by atoms with Crippen molar-refractivity contribution in [2.75, 3.05) is 13.2 Å². The van der Waals surface area contributed by atoms with Gasteiger partial charge in [0, 0.05) is 0 Å². The van der Waals surface area contributed by atoms with Crippen LogP contribution in [0, 0.1) is 0 Å². The van der Waals surface area contributed by atoms with Gasteiger partial charge in [0.1, 0.15) is 13.2 Å².